The predicted octanol–water partition coefficient (Wildman–Crippen LogP) is 0.748. The number of nitrogens with one attached hydrogen (secondary N) is 2. The number of aliphatic imine (C=N–C) groups is 1. The summed E-state index contributed by atoms with van der Waals surface area (Å²) in [6, 6.07) is 0.576. The van der Waals surface area contributed by atoms with E-state index in [-0.39, 0.29) is 0 Å². The van der Waals surface area contributed by atoms with E-state index < -0.39 is 0 Å². The van der Waals surface area contributed by atoms with Crippen LogP contribution in [0, 0.1) is 0 Å². The van der Waals surface area contributed by atoms with Crippen LogP contribution in [0.25, 0.3) is 0 Å². The van der Waals surface area contributed by atoms with E-state index in [1.807, 2.05) is 0 Å². The Kier molecular flexibility index (Phi) is 4.60. The Morgan fingerprint density at radius 2 is 2.15 bits per heavy atom. The number of hydrogen-bond acceptors (Lipinski definition) is 2. The molecule has 4 heteroatoms. The maximum atomic E-state index is 5.35. The molecule has 1 fully saturated rings. The van der Waals surface area contributed by atoms with Crippen LogP contribution in [-0.4, -0.2) is 18.5 Å². The zero-order chi connectivity index (χ0) is 9.52. The minimum absolute atomic E-state index is 0.576. The number of nitrogens with zero attached hydrogens (tertiary/aromatic N) is 1. The summed E-state index contributed by atoms with van der Waals surface area (Å²) in [5.74, 6) is 6.09. The lowest BCUT2D eigenvalue weighted by molar-refractivity contribution is 0.614. The van der Waals surface area contributed by atoms with Gasteiger partial charge in [0.2, 0.25) is 5.96 Å². The molecular formula is C9H20N4. The maximum absolute atomic E-state index is 5.35. The first-order valence-corrected chi connectivity index (χ1v) is 5.14. The van der Waals surface area contributed by atoms with Crippen LogP contribution in [0.4, 0.5) is 0 Å². The SMILES string of the molecule is CCCN=C(NN)NC1CCCC1. The molecule has 0 spiro atoms. The number of rotatable bonds is 3. The summed E-state index contributed by atoms with van der Waals surface area (Å²) in [6.45, 7) is 2.94. The van der Waals surface area contributed by atoms with Gasteiger partial charge >= 0.3 is 0 Å². The second kappa shape index (κ2) is 5.80. The number of hydrazine groups is 1. The molecule has 0 aromatic carbocycles. The first-order chi connectivity index (χ1) is 6.36. The lowest BCUT2D eigenvalue weighted by Gasteiger charge is -2.14. The minimum Gasteiger partial charge on any atom is -0.353 e. The molecule has 0 amide bonds. The molecular weight excluding hydrogens is 164 g/mol. The molecule has 0 saturated heterocycles. The second-order valence-corrected chi connectivity index (χ2v) is 3.50. The van der Waals surface area contributed by atoms with Crippen molar-refractivity contribution in [2.45, 2.75) is 45.1 Å². The van der Waals surface area contributed by atoms with Crippen molar-refractivity contribution in [1.82, 2.24) is 10.7 Å². The van der Waals surface area contributed by atoms with Crippen molar-refractivity contribution >= 4 is 5.96 Å². The van der Waals surface area contributed by atoms with Crippen LogP contribution in [0.2, 0.25) is 0 Å². The molecule has 13 heavy (non-hydrogen) atoms. The van der Waals surface area contributed by atoms with E-state index >= 15 is 0 Å². The lowest BCUT2D eigenvalue weighted by Crippen LogP contribution is -2.45. The topological polar surface area (TPSA) is 62.4 Å². The molecule has 1 saturated carbocycles. The molecule has 1 aliphatic carbocycles. The van der Waals surface area contributed by atoms with Gasteiger partial charge in [-0.25, -0.2) is 5.84 Å². The van der Waals surface area contributed by atoms with Gasteiger partial charge in [-0.3, -0.25) is 10.4 Å². The highest BCUT2D eigenvalue weighted by Crippen LogP contribution is 2.17. The van der Waals surface area contributed by atoms with Gasteiger partial charge in [0.05, 0.1) is 0 Å². The predicted molar refractivity (Wildman–Crippen MR) is 55.3 cm³/mol. The third kappa shape index (κ3) is 3.63. The fourth-order valence-corrected chi connectivity index (χ4v) is 1.62. The van der Waals surface area contributed by atoms with Crippen LogP contribution in [0.3, 0.4) is 0 Å². The van der Waals surface area contributed by atoms with Crippen LogP contribution in [0.1, 0.15) is 39.0 Å². The quantitative estimate of drug-likeness (QED) is 0.262. The van der Waals surface area contributed by atoms with Crippen LogP contribution in [0.5, 0.6) is 0 Å². The fraction of sp³-hybridized carbons (Fsp3) is 0.889. The molecule has 4 nitrogen and oxygen atoms in total. The Balaban J connectivity index is 2.29. The zero-order valence-electron chi connectivity index (χ0n) is 8.34. The van der Waals surface area contributed by atoms with Crippen LogP contribution >= 0.6 is 0 Å². The highest BCUT2D eigenvalue weighted by atomic mass is 15.3. The van der Waals surface area contributed by atoms with E-state index in [0.717, 1.165) is 18.9 Å². The van der Waals surface area contributed by atoms with Gasteiger partial charge in [0, 0.05) is 12.6 Å². The van der Waals surface area contributed by atoms with Crippen LogP contribution in [0.15, 0.2) is 4.99 Å². The van der Waals surface area contributed by atoms with Gasteiger partial charge < -0.3 is 5.32 Å². The van der Waals surface area contributed by atoms with Crippen molar-refractivity contribution in [1.29, 1.82) is 0 Å². The van der Waals surface area contributed by atoms with Crippen molar-refractivity contribution in [3.8, 4) is 0 Å². The van der Waals surface area contributed by atoms with Crippen molar-refractivity contribution in [2.24, 2.45) is 10.8 Å². The van der Waals surface area contributed by atoms with Gasteiger partial charge in [0.15, 0.2) is 0 Å². The number of hydrogen-bond donors (Lipinski definition) is 3. The summed E-state index contributed by atoms with van der Waals surface area (Å²) in [5, 5.41) is 3.31. The maximum Gasteiger partial charge on any atom is 0.205 e. The van der Waals surface area contributed by atoms with Crippen LogP contribution < -0.4 is 16.6 Å². The van der Waals surface area contributed by atoms with E-state index in [0.29, 0.717) is 6.04 Å². The van der Waals surface area contributed by atoms with E-state index in [1.54, 1.807) is 0 Å². The summed E-state index contributed by atoms with van der Waals surface area (Å²) in [7, 11) is 0. The van der Waals surface area contributed by atoms with Gasteiger partial charge in [-0.05, 0) is 19.3 Å². The molecule has 0 aromatic rings. The van der Waals surface area contributed by atoms with Gasteiger partial charge in [-0.15, -0.1) is 0 Å². The van der Waals surface area contributed by atoms with Crippen LogP contribution in [-0.2, 0) is 0 Å². The Labute approximate surface area is 80.0 Å². The molecule has 0 atom stereocenters. The Hall–Kier alpha value is -0.770. The van der Waals surface area contributed by atoms with Gasteiger partial charge in [0.25, 0.3) is 0 Å². The van der Waals surface area contributed by atoms with Gasteiger partial charge in [0.1, 0.15) is 0 Å². The molecule has 0 radical (unpaired) electrons. The van der Waals surface area contributed by atoms with Gasteiger partial charge in [-0.1, -0.05) is 19.8 Å². The van der Waals surface area contributed by atoms with E-state index in [4.69, 9.17) is 5.84 Å². The molecule has 0 unspecified atom stereocenters. The van der Waals surface area contributed by atoms with Crippen molar-refractivity contribution in [3.05, 3.63) is 0 Å². The highest BCUT2D eigenvalue weighted by molar-refractivity contribution is 5.79. The average molecular weight is 184 g/mol. The molecule has 0 heterocycles. The summed E-state index contributed by atoms with van der Waals surface area (Å²) in [4.78, 5) is 4.29. The van der Waals surface area contributed by atoms with Crippen molar-refractivity contribution in [3.63, 3.8) is 0 Å². The molecule has 0 aromatic heterocycles. The van der Waals surface area contributed by atoms with E-state index in [2.05, 4.69) is 22.7 Å². The highest BCUT2D eigenvalue weighted by Gasteiger charge is 2.15. The first kappa shape index (κ1) is 10.3. The summed E-state index contributed by atoms with van der Waals surface area (Å²) in [5.41, 5.74) is 2.60. The first-order valence-electron chi connectivity index (χ1n) is 5.14. The minimum atomic E-state index is 0.576. The molecule has 1 rings (SSSR count). The Bertz CT molecular complexity index is 161. The number of nitrogens with two attached hydrogens (primary N) is 1. The molecule has 0 bridgehead atoms. The normalized spacial score (nSPS) is 19.1. The Morgan fingerprint density at radius 1 is 1.46 bits per heavy atom. The summed E-state index contributed by atoms with van der Waals surface area (Å²) >= 11 is 0. The molecule has 1 aliphatic rings. The van der Waals surface area contributed by atoms with Crippen molar-refractivity contribution < 1.29 is 0 Å². The smallest absolute Gasteiger partial charge is 0.205 e. The van der Waals surface area contributed by atoms with E-state index in [1.165, 1.54) is 25.7 Å². The number of guanidine groups is 1. The monoisotopic (exact) mass is 184 g/mol. The Morgan fingerprint density at radius 3 is 2.69 bits per heavy atom. The van der Waals surface area contributed by atoms with Gasteiger partial charge in [-0.2, -0.15) is 0 Å². The summed E-state index contributed by atoms with van der Waals surface area (Å²) < 4.78 is 0. The standard InChI is InChI=1S/C9H20N4/c1-2-7-11-9(13-10)12-8-5-3-4-6-8/h8H,2-7,10H2,1H3,(H2,11,12,13). The van der Waals surface area contributed by atoms with E-state index in [9.17, 15) is 0 Å². The fourth-order valence-electron chi connectivity index (χ4n) is 1.62. The molecule has 76 valence electrons. The lowest BCUT2D eigenvalue weighted by atomic mass is 10.2. The second-order valence-electron chi connectivity index (χ2n) is 3.50. The third-order valence-electron chi connectivity index (χ3n) is 2.33. The largest absolute Gasteiger partial charge is 0.353 e. The summed E-state index contributed by atoms with van der Waals surface area (Å²) in [6.07, 6.45) is 6.18. The third-order valence-corrected chi connectivity index (χ3v) is 2.33. The average Bonchev–Trinajstić information content (AvgIpc) is 2.64. The molecule has 4 N–H and O–H groups in total. The molecule has 0 aliphatic heterocycles. The van der Waals surface area contributed by atoms with Crippen molar-refractivity contribution in [2.75, 3.05) is 6.54 Å². The zero-order valence-corrected chi connectivity index (χ0v) is 8.34.